The zero-order chi connectivity index (χ0) is 8.97. The molecule has 1 rings (SSSR count). The standard InChI is InChI=1S/C7H11N3O2/c1-5-6(10-4-9-5)2-8-3-7(11)12/h4,8H,2-3H2,1H3,(H,9,10)(H,11,12). The summed E-state index contributed by atoms with van der Waals surface area (Å²) in [4.78, 5) is 17.0. The number of aryl methyl sites for hydroxylation is 1. The van der Waals surface area contributed by atoms with Crippen molar-refractivity contribution in [2.75, 3.05) is 6.54 Å². The number of H-pyrrole nitrogens is 1. The van der Waals surface area contributed by atoms with E-state index in [9.17, 15) is 4.79 Å². The van der Waals surface area contributed by atoms with Crippen molar-refractivity contribution >= 4 is 5.97 Å². The van der Waals surface area contributed by atoms with Gasteiger partial charge in [0.1, 0.15) is 0 Å². The lowest BCUT2D eigenvalue weighted by Crippen LogP contribution is -2.22. The van der Waals surface area contributed by atoms with Crippen molar-refractivity contribution in [1.29, 1.82) is 0 Å². The molecule has 0 unspecified atom stereocenters. The van der Waals surface area contributed by atoms with Gasteiger partial charge in [0, 0.05) is 12.2 Å². The molecule has 0 aliphatic carbocycles. The van der Waals surface area contributed by atoms with Gasteiger partial charge in [-0.15, -0.1) is 0 Å². The zero-order valence-electron chi connectivity index (χ0n) is 6.79. The largest absolute Gasteiger partial charge is 0.480 e. The van der Waals surface area contributed by atoms with E-state index in [-0.39, 0.29) is 6.54 Å². The second-order valence-corrected chi connectivity index (χ2v) is 2.47. The quantitative estimate of drug-likeness (QED) is 0.587. The smallest absolute Gasteiger partial charge is 0.317 e. The number of hydrogen-bond donors (Lipinski definition) is 3. The minimum absolute atomic E-state index is 0.0354. The maximum absolute atomic E-state index is 10.1. The number of carboxylic acid groups (broad SMARTS) is 1. The van der Waals surface area contributed by atoms with E-state index < -0.39 is 5.97 Å². The Morgan fingerprint density at radius 2 is 2.58 bits per heavy atom. The molecule has 0 aliphatic rings. The molecule has 0 atom stereocenters. The summed E-state index contributed by atoms with van der Waals surface area (Å²) in [5.41, 5.74) is 1.82. The molecule has 0 saturated heterocycles. The number of nitrogens with one attached hydrogen (secondary N) is 2. The summed E-state index contributed by atoms with van der Waals surface area (Å²) in [6, 6.07) is 0. The molecule has 0 bridgehead atoms. The van der Waals surface area contributed by atoms with Gasteiger partial charge in [0.2, 0.25) is 0 Å². The Hall–Kier alpha value is -1.36. The molecule has 3 N–H and O–H groups in total. The van der Waals surface area contributed by atoms with Crippen LogP contribution in [0.15, 0.2) is 6.33 Å². The first kappa shape index (κ1) is 8.73. The third-order valence-corrected chi connectivity index (χ3v) is 1.50. The van der Waals surface area contributed by atoms with Crippen molar-refractivity contribution in [3.05, 3.63) is 17.7 Å². The van der Waals surface area contributed by atoms with Crippen LogP contribution in [0.25, 0.3) is 0 Å². The fourth-order valence-corrected chi connectivity index (χ4v) is 0.853. The van der Waals surface area contributed by atoms with Gasteiger partial charge in [-0.1, -0.05) is 0 Å². The Bertz CT molecular complexity index is 269. The first-order valence-corrected chi connectivity index (χ1v) is 3.61. The second-order valence-electron chi connectivity index (χ2n) is 2.47. The van der Waals surface area contributed by atoms with E-state index in [0.717, 1.165) is 11.4 Å². The van der Waals surface area contributed by atoms with Crippen LogP contribution in [0.4, 0.5) is 0 Å². The number of carboxylic acids is 1. The molecule has 5 heteroatoms. The van der Waals surface area contributed by atoms with Crippen molar-refractivity contribution < 1.29 is 9.90 Å². The number of carbonyl (C=O) groups is 1. The lowest BCUT2D eigenvalue weighted by molar-refractivity contribution is -0.135. The van der Waals surface area contributed by atoms with Crippen LogP contribution in [0.3, 0.4) is 0 Å². The highest BCUT2D eigenvalue weighted by molar-refractivity contribution is 5.68. The van der Waals surface area contributed by atoms with Gasteiger partial charge < -0.3 is 15.4 Å². The van der Waals surface area contributed by atoms with Crippen LogP contribution in [0.2, 0.25) is 0 Å². The van der Waals surface area contributed by atoms with Crippen LogP contribution in [0, 0.1) is 6.92 Å². The predicted octanol–water partition coefficient (Wildman–Crippen LogP) is -0.108. The van der Waals surface area contributed by atoms with E-state index in [4.69, 9.17) is 5.11 Å². The fraction of sp³-hybridized carbons (Fsp3) is 0.429. The molecular weight excluding hydrogens is 158 g/mol. The number of hydrogen-bond acceptors (Lipinski definition) is 3. The average Bonchev–Trinajstić information content (AvgIpc) is 2.36. The molecule has 0 aromatic carbocycles. The molecule has 0 aliphatic heterocycles. The molecule has 0 radical (unpaired) electrons. The third kappa shape index (κ3) is 2.35. The van der Waals surface area contributed by atoms with Crippen LogP contribution in [-0.4, -0.2) is 27.6 Å². The zero-order valence-corrected chi connectivity index (χ0v) is 6.79. The van der Waals surface area contributed by atoms with Gasteiger partial charge in [-0.3, -0.25) is 4.79 Å². The van der Waals surface area contributed by atoms with Crippen molar-refractivity contribution in [2.24, 2.45) is 0 Å². The Morgan fingerprint density at radius 1 is 1.83 bits per heavy atom. The first-order valence-electron chi connectivity index (χ1n) is 3.61. The molecule has 0 saturated carbocycles. The van der Waals surface area contributed by atoms with Gasteiger partial charge in [0.15, 0.2) is 0 Å². The maximum atomic E-state index is 10.1. The normalized spacial score (nSPS) is 10.1. The van der Waals surface area contributed by atoms with Crippen molar-refractivity contribution in [1.82, 2.24) is 15.3 Å². The molecule has 5 nitrogen and oxygen atoms in total. The van der Waals surface area contributed by atoms with Crippen LogP contribution in [-0.2, 0) is 11.3 Å². The van der Waals surface area contributed by atoms with Crippen LogP contribution >= 0.6 is 0 Å². The third-order valence-electron chi connectivity index (χ3n) is 1.50. The first-order chi connectivity index (χ1) is 5.70. The average molecular weight is 169 g/mol. The molecule has 66 valence electrons. The highest BCUT2D eigenvalue weighted by Gasteiger charge is 2.00. The molecule has 1 aromatic heterocycles. The van der Waals surface area contributed by atoms with E-state index in [2.05, 4.69) is 15.3 Å². The summed E-state index contributed by atoms with van der Waals surface area (Å²) in [5.74, 6) is -0.858. The number of aromatic nitrogens is 2. The summed E-state index contributed by atoms with van der Waals surface area (Å²) >= 11 is 0. The minimum Gasteiger partial charge on any atom is -0.480 e. The van der Waals surface area contributed by atoms with E-state index in [1.54, 1.807) is 6.33 Å². The van der Waals surface area contributed by atoms with Gasteiger partial charge >= 0.3 is 5.97 Å². The van der Waals surface area contributed by atoms with Crippen LogP contribution in [0.1, 0.15) is 11.4 Å². The van der Waals surface area contributed by atoms with Crippen molar-refractivity contribution in [3.63, 3.8) is 0 Å². The minimum atomic E-state index is -0.858. The predicted molar refractivity (Wildman–Crippen MR) is 42.7 cm³/mol. The van der Waals surface area contributed by atoms with Gasteiger partial charge in [-0.25, -0.2) is 4.98 Å². The van der Waals surface area contributed by atoms with Gasteiger partial charge in [0.25, 0.3) is 0 Å². The molecule has 0 amide bonds. The topological polar surface area (TPSA) is 78.0 Å². The van der Waals surface area contributed by atoms with Gasteiger partial charge in [-0.2, -0.15) is 0 Å². The molecule has 0 spiro atoms. The van der Waals surface area contributed by atoms with E-state index >= 15 is 0 Å². The SMILES string of the molecule is Cc1[nH]cnc1CNCC(=O)O. The molecule has 1 aromatic rings. The molecular formula is C7H11N3O2. The number of aromatic amines is 1. The molecule has 0 fully saturated rings. The number of rotatable bonds is 4. The van der Waals surface area contributed by atoms with Crippen LogP contribution < -0.4 is 5.32 Å². The Morgan fingerprint density at radius 3 is 3.08 bits per heavy atom. The lowest BCUT2D eigenvalue weighted by atomic mass is 10.3. The molecule has 12 heavy (non-hydrogen) atoms. The number of nitrogens with zero attached hydrogens (tertiary/aromatic N) is 1. The summed E-state index contributed by atoms with van der Waals surface area (Å²) in [5, 5.41) is 11.1. The summed E-state index contributed by atoms with van der Waals surface area (Å²) in [6.07, 6.45) is 1.59. The Labute approximate surface area is 69.8 Å². The van der Waals surface area contributed by atoms with Crippen molar-refractivity contribution in [3.8, 4) is 0 Å². The van der Waals surface area contributed by atoms with Gasteiger partial charge in [0.05, 0.1) is 18.6 Å². The Balaban J connectivity index is 2.33. The van der Waals surface area contributed by atoms with E-state index in [0.29, 0.717) is 6.54 Å². The van der Waals surface area contributed by atoms with E-state index in [1.807, 2.05) is 6.92 Å². The summed E-state index contributed by atoms with van der Waals surface area (Å²) in [7, 11) is 0. The van der Waals surface area contributed by atoms with Crippen molar-refractivity contribution in [2.45, 2.75) is 13.5 Å². The highest BCUT2D eigenvalue weighted by Crippen LogP contribution is 1.98. The molecule has 1 heterocycles. The monoisotopic (exact) mass is 169 g/mol. The maximum Gasteiger partial charge on any atom is 0.317 e. The lowest BCUT2D eigenvalue weighted by Gasteiger charge is -1.98. The Kier molecular flexibility index (Phi) is 2.82. The van der Waals surface area contributed by atoms with E-state index in [1.165, 1.54) is 0 Å². The second kappa shape index (κ2) is 3.87. The highest BCUT2D eigenvalue weighted by atomic mass is 16.4. The number of aliphatic carboxylic acids is 1. The summed E-state index contributed by atoms with van der Waals surface area (Å²) < 4.78 is 0. The van der Waals surface area contributed by atoms with Crippen LogP contribution in [0.5, 0.6) is 0 Å². The van der Waals surface area contributed by atoms with Gasteiger partial charge in [-0.05, 0) is 6.92 Å². The number of imidazole rings is 1. The summed E-state index contributed by atoms with van der Waals surface area (Å²) in [6.45, 7) is 2.35. The fourth-order valence-electron chi connectivity index (χ4n) is 0.853.